The van der Waals surface area contributed by atoms with Crippen molar-refractivity contribution < 1.29 is 14.7 Å². The van der Waals surface area contributed by atoms with Crippen molar-refractivity contribution in [1.82, 2.24) is 10.2 Å². The topological polar surface area (TPSA) is 69.6 Å². The van der Waals surface area contributed by atoms with Gasteiger partial charge in [-0.1, -0.05) is 91.0 Å². The molecule has 0 aromatic heterocycles. The summed E-state index contributed by atoms with van der Waals surface area (Å²) in [5.41, 5.74) is 1.91. The molecule has 0 spiro atoms. The van der Waals surface area contributed by atoms with Gasteiger partial charge in [0.2, 0.25) is 11.8 Å². The van der Waals surface area contributed by atoms with Crippen molar-refractivity contribution in [1.29, 1.82) is 0 Å². The average Bonchev–Trinajstić information content (AvgIpc) is 3.66. The number of likely N-dealkylation sites (tertiary alicyclic amines) is 1. The van der Waals surface area contributed by atoms with Crippen molar-refractivity contribution in [2.24, 2.45) is 5.92 Å². The first-order chi connectivity index (χ1) is 16.5. The van der Waals surface area contributed by atoms with Crippen LogP contribution >= 0.6 is 0 Å². The van der Waals surface area contributed by atoms with Crippen LogP contribution in [0.3, 0.4) is 0 Å². The second-order valence-electron chi connectivity index (χ2n) is 9.46. The molecule has 5 nitrogen and oxygen atoms in total. The van der Waals surface area contributed by atoms with Crippen molar-refractivity contribution in [2.75, 3.05) is 19.6 Å². The number of carbonyl (C=O) groups is 2. The fraction of sp³-hybridized carbons (Fsp3) is 0.310. The molecular weight excluding hydrogens is 424 g/mol. The molecule has 2 amide bonds. The van der Waals surface area contributed by atoms with E-state index in [2.05, 4.69) is 29.6 Å². The molecular formula is C29H30N2O3. The summed E-state index contributed by atoms with van der Waals surface area (Å²) in [6.07, 6.45) is 1.71. The maximum atomic E-state index is 13.1. The van der Waals surface area contributed by atoms with Gasteiger partial charge in [-0.2, -0.15) is 0 Å². The van der Waals surface area contributed by atoms with Crippen molar-refractivity contribution in [3.8, 4) is 0 Å². The number of amides is 2. The van der Waals surface area contributed by atoms with Gasteiger partial charge >= 0.3 is 0 Å². The molecule has 1 saturated heterocycles. The molecule has 2 aliphatic rings. The first-order valence-electron chi connectivity index (χ1n) is 12.0. The number of nitrogens with one attached hydrogen (secondary N) is 1. The number of benzene rings is 3. The summed E-state index contributed by atoms with van der Waals surface area (Å²) in [5, 5.41) is 13.9. The van der Waals surface area contributed by atoms with Crippen molar-refractivity contribution >= 4 is 11.8 Å². The molecule has 174 valence electrons. The van der Waals surface area contributed by atoms with Crippen LogP contribution in [-0.4, -0.2) is 41.5 Å². The van der Waals surface area contributed by atoms with Gasteiger partial charge in [-0.25, -0.2) is 0 Å². The second-order valence-corrected chi connectivity index (χ2v) is 9.46. The van der Waals surface area contributed by atoms with Crippen LogP contribution in [0.2, 0.25) is 0 Å². The Balaban J connectivity index is 1.20. The van der Waals surface area contributed by atoms with Crippen LogP contribution in [0.1, 0.15) is 36.0 Å². The van der Waals surface area contributed by atoms with Gasteiger partial charge in [0.05, 0.1) is 18.1 Å². The zero-order valence-electron chi connectivity index (χ0n) is 19.2. The minimum absolute atomic E-state index is 0.0151. The van der Waals surface area contributed by atoms with Crippen LogP contribution in [-0.2, 0) is 20.6 Å². The molecule has 2 N–H and O–H groups in total. The molecule has 3 aromatic rings. The van der Waals surface area contributed by atoms with Crippen molar-refractivity contribution in [3.63, 3.8) is 0 Å². The van der Waals surface area contributed by atoms with E-state index in [1.54, 1.807) is 4.90 Å². The summed E-state index contributed by atoms with van der Waals surface area (Å²) < 4.78 is 0. The van der Waals surface area contributed by atoms with Gasteiger partial charge in [0, 0.05) is 18.5 Å². The molecule has 0 radical (unpaired) electrons. The number of nitrogens with zero attached hydrogens (tertiary/aromatic N) is 1. The van der Waals surface area contributed by atoms with E-state index >= 15 is 0 Å². The predicted octanol–water partition coefficient (Wildman–Crippen LogP) is 3.62. The van der Waals surface area contributed by atoms with Crippen LogP contribution in [0.4, 0.5) is 0 Å². The molecule has 1 saturated carbocycles. The van der Waals surface area contributed by atoms with Gasteiger partial charge in [-0.05, 0) is 36.0 Å². The van der Waals surface area contributed by atoms with Gasteiger partial charge in [0.25, 0.3) is 0 Å². The number of aliphatic hydroxyl groups is 1. The van der Waals surface area contributed by atoms with Crippen LogP contribution in [0, 0.1) is 5.92 Å². The van der Waals surface area contributed by atoms with E-state index in [4.69, 9.17) is 0 Å². The summed E-state index contributed by atoms with van der Waals surface area (Å²) in [5.74, 6) is -0.386. The highest BCUT2D eigenvalue weighted by Crippen LogP contribution is 2.58. The number of carbonyl (C=O) groups excluding carboxylic acids is 2. The first kappa shape index (κ1) is 22.4. The SMILES string of the molecule is O=C(NCC(=O)N1CCC(O)(c2ccccc2)CC1)C1CC1(c1ccccc1)c1ccccc1. The lowest BCUT2D eigenvalue weighted by molar-refractivity contribution is -0.137. The summed E-state index contributed by atoms with van der Waals surface area (Å²) in [6.45, 7) is 0.932. The van der Waals surface area contributed by atoms with Crippen LogP contribution in [0.5, 0.6) is 0 Å². The maximum absolute atomic E-state index is 13.1. The van der Waals surface area contributed by atoms with Gasteiger partial charge < -0.3 is 15.3 Å². The third-order valence-electron chi connectivity index (χ3n) is 7.52. The van der Waals surface area contributed by atoms with Gasteiger partial charge in [0.1, 0.15) is 0 Å². The number of piperidine rings is 1. The van der Waals surface area contributed by atoms with E-state index in [9.17, 15) is 14.7 Å². The molecule has 1 aliphatic carbocycles. The van der Waals surface area contributed by atoms with Crippen molar-refractivity contribution in [2.45, 2.75) is 30.3 Å². The molecule has 0 bridgehead atoms. The van der Waals surface area contributed by atoms with E-state index in [1.807, 2.05) is 66.7 Å². The number of rotatable bonds is 6. The Bertz CT molecular complexity index is 1100. The third-order valence-corrected chi connectivity index (χ3v) is 7.52. The summed E-state index contributed by atoms with van der Waals surface area (Å²) in [4.78, 5) is 27.7. The quantitative estimate of drug-likeness (QED) is 0.598. The highest BCUT2D eigenvalue weighted by molar-refractivity contribution is 5.90. The fourth-order valence-electron chi connectivity index (χ4n) is 5.42. The summed E-state index contributed by atoms with van der Waals surface area (Å²) >= 11 is 0. The Morgan fingerprint density at radius 3 is 1.76 bits per heavy atom. The van der Waals surface area contributed by atoms with E-state index < -0.39 is 5.60 Å². The largest absolute Gasteiger partial charge is 0.385 e. The lowest BCUT2D eigenvalue weighted by Crippen LogP contribution is -2.48. The van der Waals surface area contributed by atoms with Gasteiger partial charge in [-0.3, -0.25) is 9.59 Å². The Morgan fingerprint density at radius 1 is 0.794 bits per heavy atom. The molecule has 1 heterocycles. The molecule has 1 unspecified atom stereocenters. The Labute approximate surface area is 200 Å². The molecule has 1 aliphatic heterocycles. The van der Waals surface area contributed by atoms with Gasteiger partial charge in [-0.15, -0.1) is 0 Å². The average molecular weight is 455 g/mol. The third kappa shape index (κ3) is 4.12. The summed E-state index contributed by atoms with van der Waals surface area (Å²) in [6, 6.07) is 29.9. The maximum Gasteiger partial charge on any atom is 0.241 e. The highest BCUT2D eigenvalue weighted by atomic mass is 16.3. The lowest BCUT2D eigenvalue weighted by Gasteiger charge is -2.38. The minimum Gasteiger partial charge on any atom is -0.385 e. The standard InChI is InChI=1S/C29H30N2O3/c32-26(31-18-16-28(34,17-19-31)22-10-4-1-5-11-22)21-30-27(33)25-20-29(25,23-12-6-2-7-13-23)24-14-8-3-9-15-24/h1-15,25,34H,16-21H2,(H,30,33). The number of hydrogen-bond acceptors (Lipinski definition) is 3. The molecule has 2 fully saturated rings. The van der Waals surface area contributed by atoms with Crippen LogP contribution < -0.4 is 5.32 Å². The normalized spacial score (nSPS) is 20.4. The smallest absolute Gasteiger partial charge is 0.241 e. The molecule has 3 aromatic carbocycles. The van der Waals surface area contributed by atoms with Crippen LogP contribution in [0.25, 0.3) is 0 Å². The van der Waals surface area contributed by atoms with E-state index in [0.29, 0.717) is 25.9 Å². The van der Waals surface area contributed by atoms with Crippen LogP contribution in [0.15, 0.2) is 91.0 Å². The molecule has 34 heavy (non-hydrogen) atoms. The minimum atomic E-state index is -0.903. The Morgan fingerprint density at radius 2 is 1.26 bits per heavy atom. The van der Waals surface area contributed by atoms with Crippen molar-refractivity contribution in [3.05, 3.63) is 108 Å². The number of hydrogen-bond donors (Lipinski definition) is 2. The Kier molecular flexibility index (Phi) is 5.96. The predicted molar refractivity (Wildman–Crippen MR) is 131 cm³/mol. The first-order valence-corrected chi connectivity index (χ1v) is 12.0. The zero-order chi connectivity index (χ0) is 23.6. The highest BCUT2D eigenvalue weighted by Gasteiger charge is 2.60. The molecule has 5 rings (SSSR count). The Hall–Kier alpha value is -3.44. The molecule has 1 atom stereocenters. The second kappa shape index (κ2) is 9.07. The van der Waals surface area contributed by atoms with Gasteiger partial charge in [0.15, 0.2) is 0 Å². The molecule has 5 heteroatoms. The monoisotopic (exact) mass is 454 g/mol. The lowest BCUT2D eigenvalue weighted by atomic mass is 9.84. The van der Waals surface area contributed by atoms with E-state index in [1.165, 1.54) is 0 Å². The van der Waals surface area contributed by atoms with E-state index in [-0.39, 0.29) is 29.7 Å². The fourth-order valence-corrected chi connectivity index (χ4v) is 5.42. The zero-order valence-corrected chi connectivity index (χ0v) is 19.2. The summed E-state index contributed by atoms with van der Waals surface area (Å²) in [7, 11) is 0. The van der Waals surface area contributed by atoms with E-state index in [0.717, 1.165) is 23.1 Å².